The number of hydrogen-bond acceptors (Lipinski definition) is 3. The summed E-state index contributed by atoms with van der Waals surface area (Å²) in [5, 5.41) is 2.66. The van der Waals surface area contributed by atoms with Crippen molar-refractivity contribution >= 4 is 5.91 Å². The van der Waals surface area contributed by atoms with E-state index in [4.69, 9.17) is 5.73 Å². The van der Waals surface area contributed by atoms with Crippen LogP contribution in [0.4, 0.5) is 8.78 Å². The Balaban J connectivity index is 2.37. The maximum absolute atomic E-state index is 11.9. The number of carbonyl (C=O) groups excluding carboxylic acids is 1. The molecule has 18 heavy (non-hydrogen) atoms. The Morgan fingerprint density at radius 3 is 2.50 bits per heavy atom. The summed E-state index contributed by atoms with van der Waals surface area (Å²) in [6, 6.07) is 5.75. The molecule has 1 atom stereocenters. The zero-order valence-electron chi connectivity index (χ0n) is 10.0. The Morgan fingerprint density at radius 2 is 2.00 bits per heavy atom. The zero-order valence-corrected chi connectivity index (χ0v) is 10.0. The highest BCUT2D eigenvalue weighted by molar-refractivity contribution is 5.80. The fourth-order valence-electron chi connectivity index (χ4n) is 1.33. The van der Waals surface area contributed by atoms with Crippen molar-refractivity contribution in [1.82, 2.24) is 5.32 Å². The molecule has 1 rings (SSSR count). The van der Waals surface area contributed by atoms with Crippen LogP contribution in [0.1, 0.15) is 12.5 Å². The summed E-state index contributed by atoms with van der Waals surface area (Å²) in [6.07, 6.45) is 0.605. The monoisotopic (exact) mass is 258 g/mol. The maximum Gasteiger partial charge on any atom is 0.387 e. The largest absolute Gasteiger partial charge is 0.435 e. The van der Waals surface area contributed by atoms with Gasteiger partial charge in [0.05, 0.1) is 6.04 Å². The van der Waals surface area contributed by atoms with Crippen molar-refractivity contribution in [3.63, 3.8) is 0 Å². The second-order valence-electron chi connectivity index (χ2n) is 3.85. The number of carbonyl (C=O) groups is 1. The van der Waals surface area contributed by atoms with Gasteiger partial charge in [0.15, 0.2) is 0 Å². The third kappa shape index (κ3) is 5.09. The molecular formula is C12H16F2N2O2. The van der Waals surface area contributed by atoms with E-state index in [1.807, 2.05) is 0 Å². The lowest BCUT2D eigenvalue weighted by Crippen LogP contribution is -2.39. The van der Waals surface area contributed by atoms with Gasteiger partial charge in [-0.1, -0.05) is 12.1 Å². The highest BCUT2D eigenvalue weighted by atomic mass is 19.3. The molecule has 0 aromatic heterocycles. The first-order valence-corrected chi connectivity index (χ1v) is 5.56. The van der Waals surface area contributed by atoms with Crippen molar-refractivity contribution in [1.29, 1.82) is 0 Å². The topological polar surface area (TPSA) is 64.4 Å². The van der Waals surface area contributed by atoms with E-state index < -0.39 is 12.7 Å². The van der Waals surface area contributed by atoms with E-state index in [1.165, 1.54) is 12.1 Å². The number of ether oxygens (including phenoxy) is 1. The van der Waals surface area contributed by atoms with Crippen LogP contribution in [0, 0.1) is 0 Å². The molecule has 0 aliphatic heterocycles. The molecule has 1 aromatic rings. The van der Waals surface area contributed by atoms with E-state index in [0.29, 0.717) is 13.0 Å². The van der Waals surface area contributed by atoms with Crippen LogP contribution in [-0.4, -0.2) is 25.1 Å². The Kier molecular flexibility index (Phi) is 5.51. The van der Waals surface area contributed by atoms with Crippen LogP contribution in [-0.2, 0) is 11.2 Å². The molecule has 0 aliphatic carbocycles. The lowest BCUT2D eigenvalue weighted by atomic mass is 10.1. The minimum absolute atomic E-state index is 0.119. The number of benzene rings is 1. The van der Waals surface area contributed by atoms with Gasteiger partial charge in [0, 0.05) is 6.54 Å². The molecule has 1 aromatic carbocycles. The van der Waals surface area contributed by atoms with Gasteiger partial charge in [0.25, 0.3) is 0 Å². The molecule has 6 heteroatoms. The summed E-state index contributed by atoms with van der Waals surface area (Å²) in [7, 11) is 0. The molecule has 3 N–H and O–H groups in total. The third-order valence-electron chi connectivity index (χ3n) is 2.27. The molecule has 0 spiro atoms. The van der Waals surface area contributed by atoms with Crippen molar-refractivity contribution < 1.29 is 18.3 Å². The van der Waals surface area contributed by atoms with E-state index in [0.717, 1.165) is 5.56 Å². The van der Waals surface area contributed by atoms with Crippen molar-refractivity contribution in [3.05, 3.63) is 29.8 Å². The Bertz CT molecular complexity index is 380. The van der Waals surface area contributed by atoms with E-state index in [2.05, 4.69) is 10.1 Å². The van der Waals surface area contributed by atoms with Crippen LogP contribution >= 0.6 is 0 Å². The third-order valence-corrected chi connectivity index (χ3v) is 2.27. The van der Waals surface area contributed by atoms with Gasteiger partial charge >= 0.3 is 6.61 Å². The van der Waals surface area contributed by atoms with Crippen LogP contribution in [0.25, 0.3) is 0 Å². The van der Waals surface area contributed by atoms with Crippen molar-refractivity contribution in [2.24, 2.45) is 5.73 Å². The van der Waals surface area contributed by atoms with Gasteiger partial charge < -0.3 is 15.8 Å². The average molecular weight is 258 g/mol. The lowest BCUT2D eigenvalue weighted by molar-refractivity contribution is -0.121. The average Bonchev–Trinajstić information content (AvgIpc) is 2.30. The van der Waals surface area contributed by atoms with Gasteiger partial charge in [-0.3, -0.25) is 4.79 Å². The van der Waals surface area contributed by atoms with Crippen molar-refractivity contribution in [3.8, 4) is 5.75 Å². The first-order valence-electron chi connectivity index (χ1n) is 5.56. The van der Waals surface area contributed by atoms with Crippen molar-refractivity contribution in [2.45, 2.75) is 26.0 Å². The van der Waals surface area contributed by atoms with Gasteiger partial charge in [-0.2, -0.15) is 8.78 Å². The Hall–Kier alpha value is -1.69. The second kappa shape index (κ2) is 6.90. The fourth-order valence-corrected chi connectivity index (χ4v) is 1.33. The normalized spacial score (nSPS) is 12.3. The number of hydrogen-bond donors (Lipinski definition) is 2. The van der Waals surface area contributed by atoms with Gasteiger partial charge in [0.2, 0.25) is 5.91 Å². The number of rotatable bonds is 6. The summed E-state index contributed by atoms with van der Waals surface area (Å²) >= 11 is 0. The molecule has 0 saturated heterocycles. The molecule has 0 radical (unpaired) electrons. The number of amides is 1. The Morgan fingerprint density at radius 1 is 1.39 bits per heavy atom. The van der Waals surface area contributed by atoms with Crippen LogP contribution in [0.5, 0.6) is 5.75 Å². The van der Waals surface area contributed by atoms with Gasteiger partial charge in [0.1, 0.15) is 5.75 Å². The van der Waals surface area contributed by atoms with E-state index >= 15 is 0 Å². The summed E-state index contributed by atoms with van der Waals surface area (Å²) in [4.78, 5) is 11.2. The van der Waals surface area contributed by atoms with Crippen LogP contribution in [0.3, 0.4) is 0 Å². The minimum Gasteiger partial charge on any atom is -0.435 e. The van der Waals surface area contributed by atoms with Crippen LogP contribution in [0.15, 0.2) is 24.3 Å². The molecule has 0 fully saturated rings. The highest BCUT2D eigenvalue weighted by Gasteiger charge is 2.06. The standard InChI is InChI=1S/C12H16F2N2O2/c1-8(15)11(17)16-7-6-9-2-4-10(5-3-9)18-12(13)14/h2-5,8,12H,6-7,15H2,1H3,(H,16,17)/t8-/m1/s1. The molecule has 0 bridgehead atoms. The highest BCUT2D eigenvalue weighted by Crippen LogP contribution is 2.14. The first-order chi connectivity index (χ1) is 8.49. The molecule has 100 valence electrons. The number of nitrogens with one attached hydrogen (secondary N) is 1. The maximum atomic E-state index is 11.9. The zero-order chi connectivity index (χ0) is 13.5. The van der Waals surface area contributed by atoms with Gasteiger partial charge in [-0.05, 0) is 31.0 Å². The molecule has 0 heterocycles. The second-order valence-corrected chi connectivity index (χ2v) is 3.85. The minimum atomic E-state index is -2.82. The number of alkyl halides is 2. The summed E-state index contributed by atoms with van der Waals surface area (Å²) in [6.45, 7) is -0.762. The smallest absolute Gasteiger partial charge is 0.387 e. The Labute approximate surface area is 104 Å². The summed E-state index contributed by atoms with van der Waals surface area (Å²) < 4.78 is 28.0. The molecule has 0 unspecified atom stereocenters. The van der Waals surface area contributed by atoms with Crippen molar-refractivity contribution in [2.75, 3.05) is 6.54 Å². The predicted octanol–water partition coefficient (Wildman–Crippen LogP) is 1.29. The molecule has 0 saturated carbocycles. The first kappa shape index (κ1) is 14.4. The van der Waals surface area contributed by atoms with E-state index in [1.54, 1.807) is 19.1 Å². The van der Waals surface area contributed by atoms with Gasteiger partial charge in [-0.15, -0.1) is 0 Å². The van der Waals surface area contributed by atoms with Crippen LogP contribution in [0.2, 0.25) is 0 Å². The van der Waals surface area contributed by atoms with Gasteiger partial charge in [-0.25, -0.2) is 0 Å². The quantitative estimate of drug-likeness (QED) is 0.808. The lowest BCUT2D eigenvalue weighted by Gasteiger charge is -2.08. The molecular weight excluding hydrogens is 242 g/mol. The van der Waals surface area contributed by atoms with Crippen LogP contribution < -0.4 is 15.8 Å². The SMILES string of the molecule is C[C@@H](N)C(=O)NCCc1ccc(OC(F)F)cc1. The summed E-state index contributed by atoms with van der Waals surface area (Å²) in [5.41, 5.74) is 6.30. The predicted molar refractivity (Wildman–Crippen MR) is 63.4 cm³/mol. The van der Waals surface area contributed by atoms with E-state index in [-0.39, 0.29) is 11.7 Å². The molecule has 0 aliphatic rings. The van der Waals surface area contributed by atoms with E-state index in [9.17, 15) is 13.6 Å². The molecule has 4 nitrogen and oxygen atoms in total. The fraction of sp³-hybridized carbons (Fsp3) is 0.417. The number of nitrogens with two attached hydrogens (primary N) is 1. The molecule has 1 amide bonds. The summed E-state index contributed by atoms with van der Waals surface area (Å²) in [5.74, 6) is -0.0963. The number of halogens is 2.